The van der Waals surface area contributed by atoms with Crippen LogP contribution < -0.4 is 0 Å². The van der Waals surface area contributed by atoms with Crippen molar-refractivity contribution < 1.29 is 23.1 Å². The summed E-state index contributed by atoms with van der Waals surface area (Å²) in [4.78, 5) is 11.2. The molecule has 17 heavy (non-hydrogen) atoms. The third-order valence-corrected chi connectivity index (χ3v) is 3.93. The van der Waals surface area contributed by atoms with Gasteiger partial charge in [0.05, 0.1) is 26.0 Å². The molecule has 0 aliphatic rings. The van der Waals surface area contributed by atoms with Crippen molar-refractivity contribution in [3.05, 3.63) is 11.6 Å². The molecule has 0 amide bonds. The van der Waals surface area contributed by atoms with Gasteiger partial charge in [-0.1, -0.05) is 5.57 Å². The lowest BCUT2D eigenvalue weighted by Gasteiger charge is -2.16. The van der Waals surface area contributed by atoms with Gasteiger partial charge in [-0.3, -0.25) is 4.57 Å². The maximum atomic E-state index is 12.1. The molecule has 6 heteroatoms. The Morgan fingerprint density at radius 3 is 2.06 bits per heavy atom. The summed E-state index contributed by atoms with van der Waals surface area (Å²) in [7, 11) is -3.13. The van der Waals surface area contributed by atoms with Crippen LogP contribution in [-0.2, 0) is 23.1 Å². The topological polar surface area (TPSA) is 61.8 Å². The van der Waals surface area contributed by atoms with Gasteiger partial charge in [0.2, 0.25) is 0 Å². The first kappa shape index (κ1) is 16.4. The molecular weight excluding hydrogens is 243 g/mol. The molecule has 0 heterocycles. The lowest BCUT2D eigenvalue weighted by Crippen LogP contribution is -2.05. The Labute approximate surface area is 103 Å². The molecule has 0 bridgehead atoms. The van der Waals surface area contributed by atoms with Crippen molar-refractivity contribution in [2.45, 2.75) is 27.7 Å². The molecular formula is C11H21O5P. The van der Waals surface area contributed by atoms with Crippen molar-refractivity contribution in [1.29, 1.82) is 0 Å². The highest BCUT2D eigenvalue weighted by molar-refractivity contribution is 7.54. The van der Waals surface area contributed by atoms with Crippen LogP contribution in [-0.4, -0.2) is 32.0 Å². The monoisotopic (exact) mass is 264 g/mol. The minimum atomic E-state index is -3.13. The third-order valence-electron chi connectivity index (χ3n) is 1.75. The van der Waals surface area contributed by atoms with Gasteiger partial charge in [0.25, 0.3) is 0 Å². The standard InChI is InChI=1S/C11H21O5P/c1-5-14-11(12)8-10(4)9-17(13,15-6-2)16-7-3/h8H,5-7,9H2,1-4H3. The zero-order valence-corrected chi connectivity index (χ0v) is 11.8. The lowest BCUT2D eigenvalue weighted by atomic mass is 10.3. The van der Waals surface area contributed by atoms with Crippen LogP contribution in [0, 0.1) is 0 Å². The molecule has 0 atom stereocenters. The van der Waals surface area contributed by atoms with E-state index in [4.69, 9.17) is 13.8 Å². The van der Waals surface area contributed by atoms with Gasteiger partial charge < -0.3 is 13.8 Å². The second kappa shape index (κ2) is 8.45. The van der Waals surface area contributed by atoms with E-state index < -0.39 is 13.6 Å². The Morgan fingerprint density at radius 1 is 1.12 bits per heavy atom. The van der Waals surface area contributed by atoms with E-state index in [9.17, 15) is 9.36 Å². The van der Waals surface area contributed by atoms with Gasteiger partial charge >= 0.3 is 13.6 Å². The van der Waals surface area contributed by atoms with E-state index in [1.54, 1.807) is 27.7 Å². The highest BCUT2D eigenvalue weighted by Gasteiger charge is 2.24. The molecule has 0 saturated carbocycles. The average Bonchev–Trinajstić information content (AvgIpc) is 2.17. The smallest absolute Gasteiger partial charge is 0.334 e. The average molecular weight is 264 g/mol. The molecule has 0 aromatic carbocycles. The fraction of sp³-hybridized carbons (Fsp3) is 0.727. The Kier molecular flexibility index (Phi) is 8.13. The Hall–Kier alpha value is -0.640. The van der Waals surface area contributed by atoms with E-state index in [0.29, 0.717) is 25.4 Å². The zero-order chi connectivity index (χ0) is 13.3. The van der Waals surface area contributed by atoms with Gasteiger partial charge in [-0.25, -0.2) is 4.79 Å². The first-order valence-corrected chi connectivity index (χ1v) is 7.42. The van der Waals surface area contributed by atoms with Gasteiger partial charge in [0.15, 0.2) is 0 Å². The maximum Gasteiger partial charge on any atom is 0.334 e. The van der Waals surface area contributed by atoms with E-state index in [-0.39, 0.29) is 6.16 Å². The quantitative estimate of drug-likeness (QED) is 0.383. The zero-order valence-electron chi connectivity index (χ0n) is 10.9. The van der Waals surface area contributed by atoms with Crippen LogP contribution in [0.4, 0.5) is 0 Å². The molecule has 0 N–H and O–H groups in total. The van der Waals surface area contributed by atoms with Crippen molar-refractivity contribution in [2.24, 2.45) is 0 Å². The largest absolute Gasteiger partial charge is 0.463 e. The number of ether oxygens (including phenoxy) is 1. The van der Waals surface area contributed by atoms with Gasteiger partial charge in [-0.05, 0) is 27.7 Å². The van der Waals surface area contributed by atoms with Crippen LogP contribution >= 0.6 is 7.60 Å². The van der Waals surface area contributed by atoms with E-state index in [1.807, 2.05) is 0 Å². The predicted octanol–water partition coefficient (Wildman–Crippen LogP) is 2.76. The minimum Gasteiger partial charge on any atom is -0.463 e. The van der Waals surface area contributed by atoms with Crippen LogP contribution in [0.15, 0.2) is 11.6 Å². The molecule has 0 saturated heterocycles. The van der Waals surface area contributed by atoms with Crippen molar-refractivity contribution in [1.82, 2.24) is 0 Å². The SMILES string of the molecule is CCOC(=O)C=C(C)CP(=O)(OCC)OCC. The van der Waals surface area contributed by atoms with Crippen molar-refractivity contribution >= 4 is 13.6 Å². The van der Waals surface area contributed by atoms with Gasteiger partial charge in [-0.2, -0.15) is 0 Å². The summed E-state index contributed by atoms with van der Waals surface area (Å²) in [5.74, 6) is -0.440. The molecule has 0 fully saturated rings. The number of allylic oxidation sites excluding steroid dienone is 1. The molecule has 0 aromatic heterocycles. The van der Waals surface area contributed by atoms with E-state index in [2.05, 4.69) is 0 Å². The van der Waals surface area contributed by atoms with Gasteiger partial charge in [0, 0.05) is 6.08 Å². The highest BCUT2D eigenvalue weighted by Crippen LogP contribution is 2.49. The third kappa shape index (κ3) is 7.31. The molecule has 0 aromatic rings. The summed E-state index contributed by atoms with van der Waals surface area (Å²) in [6, 6.07) is 0. The fourth-order valence-electron chi connectivity index (χ4n) is 1.26. The van der Waals surface area contributed by atoms with Crippen LogP contribution in [0.1, 0.15) is 27.7 Å². The van der Waals surface area contributed by atoms with Gasteiger partial charge in [0.1, 0.15) is 0 Å². The molecule has 0 spiro atoms. The summed E-state index contributed by atoms with van der Waals surface area (Å²) in [5.41, 5.74) is 0.619. The second-order valence-electron chi connectivity index (χ2n) is 3.35. The summed E-state index contributed by atoms with van der Waals surface area (Å²) < 4.78 is 27.1. The number of hydrogen-bond acceptors (Lipinski definition) is 5. The summed E-state index contributed by atoms with van der Waals surface area (Å²) in [5, 5.41) is 0. The number of esters is 1. The first-order chi connectivity index (χ1) is 7.97. The highest BCUT2D eigenvalue weighted by atomic mass is 31.2. The fourth-order valence-corrected chi connectivity index (χ4v) is 3.00. The number of carbonyl (C=O) groups is 1. The van der Waals surface area contributed by atoms with Crippen molar-refractivity contribution in [2.75, 3.05) is 26.0 Å². The second-order valence-corrected chi connectivity index (χ2v) is 5.40. The molecule has 0 aliphatic carbocycles. The minimum absolute atomic E-state index is 0.105. The van der Waals surface area contributed by atoms with Crippen LogP contribution in [0.5, 0.6) is 0 Å². The molecule has 0 rings (SSSR count). The summed E-state index contributed by atoms with van der Waals surface area (Å²) in [6.45, 7) is 7.85. The van der Waals surface area contributed by atoms with Crippen LogP contribution in [0.2, 0.25) is 0 Å². The van der Waals surface area contributed by atoms with Gasteiger partial charge in [-0.15, -0.1) is 0 Å². The number of rotatable bonds is 8. The predicted molar refractivity (Wildman–Crippen MR) is 66.1 cm³/mol. The Morgan fingerprint density at radius 2 is 1.65 bits per heavy atom. The van der Waals surface area contributed by atoms with Crippen LogP contribution in [0.3, 0.4) is 0 Å². The van der Waals surface area contributed by atoms with Crippen molar-refractivity contribution in [3.8, 4) is 0 Å². The first-order valence-electron chi connectivity index (χ1n) is 5.69. The molecule has 0 radical (unpaired) electrons. The molecule has 0 unspecified atom stereocenters. The van der Waals surface area contributed by atoms with E-state index in [0.717, 1.165) is 0 Å². The Bertz CT molecular complexity index is 301. The number of carbonyl (C=O) groups excluding carboxylic acids is 1. The molecule has 5 nitrogen and oxygen atoms in total. The molecule has 0 aliphatic heterocycles. The number of hydrogen-bond donors (Lipinski definition) is 0. The van der Waals surface area contributed by atoms with E-state index in [1.165, 1.54) is 6.08 Å². The lowest BCUT2D eigenvalue weighted by molar-refractivity contribution is -0.137. The Balaban J connectivity index is 4.54. The van der Waals surface area contributed by atoms with Crippen LogP contribution in [0.25, 0.3) is 0 Å². The maximum absolute atomic E-state index is 12.1. The summed E-state index contributed by atoms with van der Waals surface area (Å²) in [6.07, 6.45) is 1.42. The summed E-state index contributed by atoms with van der Waals surface area (Å²) >= 11 is 0. The normalized spacial score (nSPS) is 12.6. The van der Waals surface area contributed by atoms with E-state index >= 15 is 0 Å². The molecule has 100 valence electrons. The van der Waals surface area contributed by atoms with Crippen molar-refractivity contribution in [3.63, 3.8) is 0 Å².